The van der Waals surface area contributed by atoms with E-state index in [2.05, 4.69) is 15.2 Å². The molecule has 3 rings (SSSR count). The number of nitrogens with one attached hydrogen (secondary N) is 1. The fraction of sp³-hybridized carbons (Fsp3) is 0.273. The van der Waals surface area contributed by atoms with Crippen LogP contribution in [0.4, 0.5) is 5.69 Å². The van der Waals surface area contributed by atoms with E-state index < -0.39 is 0 Å². The normalized spacial score (nSPS) is 10.9. The highest BCUT2D eigenvalue weighted by atomic mass is 35.5. The molecule has 7 heteroatoms. The number of ether oxygens (including phenoxy) is 1. The highest BCUT2D eigenvalue weighted by molar-refractivity contribution is 7.09. The number of amides is 1. The van der Waals surface area contributed by atoms with Gasteiger partial charge >= 0.3 is 0 Å². The van der Waals surface area contributed by atoms with Crippen LogP contribution in [0.5, 0.6) is 5.75 Å². The first kappa shape index (κ1) is 21.3. The van der Waals surface area contributed by atoms with Gasteiger partial charge in [0.2, 0.25) is 5.91 Å². The highest BCUT2D eigenvalue weighted by Gasteiger charge is 2.10. The van der Waals surface area contributed by atoms with Gasteiger partial charge in [-0.2, -0.15) is 0 Å². The van der Waals surface area contributed by atoms with Crippen LogP contribution < -0.4 is 10.1 Å². The van der Waals surface area contributed by atoms with E-state index in [1.807, 2.05) is 61.8 Å². The first-order valence-electron chi connectivity index (χ1n) is 9.34. The number of halogens is 1. The largest absolute Gasteiger partial charge is 0.492 e. The smallest absolute Gasteiger partial charge is 0.231 e. The molecule has 1 amide bonds. The van der Waals surface area contributed by atoms with Crippen molar-refractivity contribution >= 4 is 34.5 Å². The molecule has 0 saturated carbocycles. The second-order valence-electron chi connectivity index (χ2n) is 6.87. The predicted molar refractivity (Wildman–Crippen MR) is 119 cm³/mol. The summed E-state index contributed by atoms with van der Waals surface area (Å²) in [7, 11) is 2.02. The fourth-order valence-corrected chi connectivity index (χ4v) is 3.68. The molecule has 0 saturated heterocycles. The topological polar surface area (TPSA) is 54.5 Å². The van der Waals surface area contributed by atoms with Gasteiger partial charge in [-0.25, -0.2) is 4.98 Å². The first-order valence-corrected chi connectivity index (χ1v) is 10.6. The highest BCUT2D eigenvalue weighted by Crippen LogP contribution is 2.17. The van der Waals surface area contributed by atoms with Gasteiger partial charge in [0.25, 0.3) is 0 Å². The molecule has 5 nitrogen and oxygen atoms in total. The number of carbonyl (C=O) groups excluding carboxylic acids is 1. The van der Waals surface area contributed by atoms with Crippen molar-refractivity contribution in [3.8, 4) is 5.75 Å². The lowest BCUT2D eigenvalue weighted by atomic mass is 10.2. The second kappa shape index (κ2) is 10.4. The zero-order valence-electron chi connectivity index (χ0n) is 16.5. The van der Waals surface area contributed by atoms with Crippen molar-refractivity contribution < 1.29 is 9.53 Å². The van der Waals surface area contributed by atoms with E-state index in [0.29, 0.717) is 18.2 Å². The molecule has 0 aliphatic carbocycles. The zero-order chi connectivity index (χ0) is 20.6. The predicted octanol–water partition coefficient (Wildman–Crippen LogP) is 4.80. The molecule has 3 aromatic rings. The van der Waals surface area contributed by atoms with E-state index in [-0.39, 0.29) is 12.3 Å². The van der Waals surface area contributed by atoms with Crippen LogP contribution in [-0.4, -0.2) is 36.0 Å². The van der Waals surface area contributed by atoms with Gasteiger partial charge in [-0.15, -0.1) is 11.3 Å². The van der Waals surface area contributed by atoms with Crippen molar-refractivity contribution in [1.82, 2.24) is 9.88 Å². The summed E-state index contributed by atoms with van der Waals surface area (Å²) in [6.07, 6.45) is 0.278. The molecular weight excluding hydrogens is 406 g/mol. The van der Waals surface area contributed by atoms with E-state index in [1.165, 1.54) is 11.3 Å². The van der Waals surface area contributed by atoms with Gasteiger partial charge in [0.15, 0.2) is 0 Å². The lowest BCUT2D eigenvalue weighted by Crippen LogP contribution is -2.24. The SMILES string of the molecule is Cc1ccc(NC(=O)Cc2nc(CN(C)CCOc3cccc(Cl)c3)cs2)cc1. The molecule has 0 radical (unpaired) electrons. The Kier molecular flexibility index (Phi) is 7.63. The average Bonchev–Trinajstić information content (AvgIpc) is 3.10. The van der Waals surface area contributed by atoms with Crippen molar-refractivity contribution in [2.75, 3.05) is 25.5 Å². The van der Waals surface area contributed by atoms with Crippen molar-refractivity contribution in [3.63, 3.8) is 0 Å². The number of aromatic nitrogens is 1. The Balaban J connectivity index is 1.41. The van der Waals surface area contributed by atoms with Gasteiger partial charge in [-0.3, -0.25) is 9.69 Å². The summed E-state index contributed by atoms with van der Waals surface area (Å²) in [4.78, 5) is 18.9. The van der Waals surface area contributed by atoms with Crippen molar-refractivity contribution in [3.05, 3.63) is 75.2 Å². The summed E-state index contributed by atoms with van der Waals surface area (Å²) in [6.45, 7) is 4.04. The number of thiazole rings is 1. The first-order chi connectivity index (χ1) is 14.0. The third kappa shape index (κ3) is 7.16. The minimum atomic E-state index is -0.0574. The fourth-order valence-electron chi connectivity index (χ4n) is 2.71. The molecule has 1 aromatic heterocycles. The molecule has 152 valence electrons. The van der Waals surface area contributed by atoms with Crippen molar-refractivity contribution in [2.45, 2.75) is 19.9 Å². The van der Waals surface area contributed by atoms with E-state index in [0.717, 1.165) is 34.2 Å². The summed E-state index contributed by atoms with van der Waals surface area (Å²) in [5.74, 6) is 0.708. The van der Waals surface area contributed by atoms with Gasteiger partial charge < -0.3 is 10.1 Å². The average molecular weight is 430 g/mol. The molecule has 1 heterocycles. The Morgan fingerprint density at radius 3 is 2.79 bits per heavy atom. The van der Waals surface area contributed by atoms with E-state index in [4.69, 9.17) is 16.3 Å². The number of likely N-dealkylation sites (N-methyl/N-ethyl adjacent to an activating group) is 1. The third-order valence-corrected chi connectivity index (χ3v) is 5.35. The molecule has 0 aliphatic heterocycles. The van der Waals surface area contributed by atoms with Crippen molar-refractivity contribution in [1.29, 1.82) is 0 Å². The maximum atomic E-state index is 12.2. The van der Waals surface area contributed by atoms with Gasteiger partial charge in [-0.05, 0) is 44.3 Å². The van der Waals surface area contributed by atoms with Crippen LogP contribution in [-0.2, 0) is 17.8 Å². The maximum absolute atomic E-state index is 12.2. The van der Waals surface area contributed by atoms with Crippen LogP contribution in [0.25, 0.3) is 0 Å². The molecule has 29 heavy (non-hydrogen) atoms. The Bertz CT molecular complexity index is 943. The number of nitrogens with zero attached hydrogens (tertiary/aromatic N) is 2. The summed E-state index contributed by atoms with van der Waals surface area (Å²) in [5, 5.41) is 6.39. The molecule has 1 N–H and O–H groups in total. The number of carbonyl (C=O) groups is 1. The second-order valence-corrected chi connectivity index (χ2v) is 8.25. The Labute approximate surface area is 180 Å². The van der Waals surface area contributed by atoms with Gasteiger partial charge in [0, 0.05) is 29.2 Å². The number of aryl methyl sites for hydroxylation is 1. The number of hydrogen-bond acceptors (Lipinski definition) is 5. The van der Waals surface area contributed by atoms with E-state index in [1.54, 1.807) is 6.07 Å². The summed E-state index contributed by atoms with van der Waals surface area (Å²) >= 11 is 7.47. The number of benzene rings is 2. The van der Waals surface area contributed by atoms with Gasteiger partial charge in [-0.1, -0.05) is 35.4 Å². The van der Waals surface area contributed by atoms with Crippen LogP contribution in [0.3, 0.4) is 0 Å². The standard InChI is InChI=1S/C22H24ClN3O2S/c1-16-6-8-18(9-7-16)24-21(27)13-22-25-19(15-29-22)14-26(2)10-11-28-20-5-3-4-17(23)12-20/h3-9,12,15H,10-11,13-14H2,1-2H3,(H,24,27). The van der Waals surface area contributed by atoms with Crippen LogP contribution in [0.15, 0.2) is 53.9 Å². The molecule has 0 unspecified atom stereocenters. The quantitative estimate of drug-likeness (QED) is 0.531. The molecule has 0 aliphatic rings. The summed E-state index contributed by atoms with van der Waals surface area (Å²) < 4.78 is 5.72. The minimum Gasteiger partial charge on any atom is -0.492 e. The van der Waals surface area contributed by atoms with Gasteiger partial charge in [0.1, 0.15) is 17.4 Å². The number of anilines is 1. The van der Waals surface area contributed by atoms with Gasteiger partial charge in [0.05, 0.1) is 12.1 Å². The molecule has 0 atom stereocenters. The Morgan fingerprint density at radius 1 is 1.24 bits per heavy atom. The van der Waals surface area contributed by atoms with Crippen LogP contribution in [0.2, 0.25) is 5.02 Å². The summed E-state index contributed by atoms with van der Waals surface area (Å²) in [6, 6.07) is 15.1. The molecule has 2 aromatic carbocycles. The number of rotatable bonds is 9. The minimum absolute atomic E-state index is 0.0574. The Morgan fingerprint density at radius 2 is 2.03 bits per heavy atom. The molecular formula is C22H24ClN3O2S. The summed E-state index contributed by atoms with van der Waals surface area (Å²) in [5.41, 5.74) is 2.92. The molecule has 0 spiro atoms. The Hall–Kier alpha value is -2.41. The van der Waals surface area contributed by atoms with E-state index in [9.17, 15) is 4.79 Å². The maximum Gasteiger partial charge on any atom is 0.231 e. The van der Waals surface area contributed by atoms with Crippen LogP contribution in [0.1, 0.15) is 16.3 Å². The van der Waals surface area contributed by atoms with Crippen molar-refractivity contribution in [2.24, 2.45) is 0 Å². The number of hydrogen-bond donors (Lipinski definition) is 1. The van der Waals surface area contributed by atoms with E-state index >= 15 is 0 Å². The third-order valence-electron chi connectivity index (χ3n) is 4.22. The zero-order valence-corrected chi connectivity index (χ0v) is 18.1. The lowest BCUT2D eigenvalue weighted by molar-refractivity contribution is -0.115. The van der Waals surface area contributed by atoms with Crippen LogP contribution in [0, 0.1) is 6.92 Å². The molecule has 0 fully saturated rings. The van der Waals surface area contributed by atoms with Crippen LogP contribution >= 0.6 is 22.9 Å². The lowest BCUT2D eigenvalue weighted by Gasteiger charge is -2.15. The monoisotopic (exact) mass is 429 g/mol. The molecule has 0 bridgehead atoms.